The smallest absolute Gasteiger partial charge is 0.342 e. The summed E-state index contributed by atoms with van der Waals surface area (Å²) in [6, 6.07) is 18.4. The first kappa shape index (κ1) is 21.7. The molecule has 0 aliphatic rings. The van der Waals surface area contributed by atoms with Crippen LogP contribution in [0.2, 0.25) is 10.0 Å². The van der Waals surface area contributed by atoms with Gasteiger partial charge in [-0.2, -0.15) is 0 Å². The van der Waals surface area contributed by atoms with Crippen LogP contribution in [0.15, 0.2) is 66.7 Å². The van der Waals surface area contributed by atoms with E-state index in [-0.39, 0.29) is 18.0 Å². The Balaban J connectivity index is 1.67. The van der Waals surface area contributed by atoms with E-state index in [1.54, 1.807) is 66.7 Å². The minimum atomic E-state index is -0.670. The molecule has 0 aromatic heterocycles. The van der Waals surface area contributed by atoms with E-state index in [0.717, 1.165) is 5.56 Å². The van der Waals surface area contributed by atoms with Crippen LogP contribution in [0.5, 0.6) is 11.5 Å². The molecule has 30 heavy (non-hydrogen) atoms. The first-order valence-corrected chi connectivity index (χ1v) is 9.74. The largest absolute Gasteiger partial charge is 0.496 e. The number of methoxy groups -OCH3 is 1. The lowest BCUT2D eigenvalue weighted by Crippen LogP contribution is -2.15. The Morgan fingerprint density at radius 1 is 0.867 bits per heavy atom. The first-order chi connectivity index (χ1) is 14.5. The highest BCUT2D eigenvalue weighted by atomic mass is 35.5. The Morgan fingerprint density at radius 2 is 1.53 bits per heavy atom. The summed E-state index contributed by atoms with van der Waals surface area (Å²) in [7, 11) is 1.47. The third-order valence-corrected chi connectivity index (χ3v) is 4.83. The minimum Gasteiger partial charge on any atom is -0.496 e. The lowest BCUT2D eigenvalue weighted by atomic mass is 10.1. The number of benzene rings is 3. The maximum absolute atomic E-state index is 12.5. The third kappa shape index (κ3) is 5.32. The zero-order chi connectivity index (χ0) is 21.5. The first-order valence-electron chi connectivity index (χ1n) is 8.98. The molecule has 3 aromatic rings. The van der Waals surface area contributed by atoms with E-state index in [1.165, 1.54) is 7.11 Å². The van der Waals surface area contributed by atoms with Crippen LogP contribution in [0.4, 0.5) is 0 Å². The van der Waals surface area contributed by atoms with E-state index in [9.17, 15) is 9.59 Å². The van der Waals surface area contributed by atoms with Gasteiger partial charge in [-0.3, -0.25) is 4.79 Å². The number of Topliss-reactive ketones (excluding diaryl/α,β-unsaturated/α-hetero) is 1. The molecule has 0 saturated carbocycles. The number of carbonyl (C=O) groups excluding carboxylic acids is 2. The number of carbonyl (C=O) groups is 2. The SMILES string of the molecule is COc1ccccc1C(=O)COC(=O)c1ccccc1OCc1ccc(Cl)cc1Cl. The van der Waals surface area contributed by atoms with Gasteiger partial charge in [-0.15, -0.1) is 0 Å². The highest BCUT2D eigenvalue weighted by Crippen LogP contribution is 2.25. The summed E-state index contributed by atoms with van der Waals surface area (Å²) in [6.07, 6.45) is 0. The molecule has 0 amide bonds. The van der Waals surface area contributed by atoms with Gasteiger partial charge < -0.3 is 14.2 Å². The van der Waals surface area contributed by atoms with Gasteiger partial charge in [0.1, 0.15) is 23.7 Å². The Labute approximate surface area is 184 Å². The maximum atomic E-state index is 12.5. The second kappa shape index (κ2) is 10.1. The molecule has 0 radical (unpaired) electrons. The number of ketones is 1. The molecule has 154 valence electrons. The van der Waals surface area contributed by atoms with Crippen LogP contribution in [0.25, 0.3) is 0 Å². The average Bonchev–Trinajstić information content (AvgIpc) is 2.76. The summed E-state index contributed by atoms with van der Waals surface area (Å²) in [4.78, 5) is 25.0. The molecule has 0 fully saturated rings. The summed E-state index contributed by atoms with van der Waals surface area (Å²) in [6.45, 7) is -0.281. The predicted molar refractivity (Wildman–Crippen MR) is 115 cm³/mol. The number of ether oxygens (including phenoxy) is 3. The van der Waals surface area contributed by atoms with E-state index < -0.39 is 12.6 Å². The monoisotopic (exact) mass is 444 g/mol. The lowest BCUT2D eigenvalue weighted by Gasteiger charge is -2.12. The quantitative estimate of drug-likeness (QED) is 0.333. The van der Waals surface area contributed by atoms with Crippen molar-refractivity contribution in [2.24, 2.45) is 0 Å². The van der Waals surface area contributed by atoms with Gasteiger partial charge in [-0.05, 0) is 36.4 Å². The van der Waals surface area contributed by atoms with Crippen LogP contribution in [-0.4, -0.2) is 25.5 Å². The van der Waals surface area contributed by atoms with Crippen LogP contribution in [0.1, 0.15) is 26.3 Å². The number of esters is 1. The fourth-order valence-electron chi connectivity index (χ4n) is 2.72. The molecule has 5 nitrogen and oxygen atoms in total. The van der Waals surface area contributed by atoms with Crippen molar-refractivity contribution in [3.05, 3.63) is 93.5 Å². The van der Waals surface area contributed by atoms with Crippen molar-refractivity contribution in [2.75, 3.05) is 13.7 Å². The van der Waals surface area contributed by atoms with Crippen LogP contribution in [0, 0.1) is 0 Å². The Bertz CT molecular complexity index is 1060. The van der Waals surface area contributed by atoms with Gasteiger partial charge in [0, 0.05) is 15.6 Å². The molecule has 0 unspecified atom stereocenters. The second-order valence-corrected chi connectivity index (χ2v) is 7.06. The van der Waals surface area contributed by atoms with Gasteiger partial charge in [0.05, 0.1) is 12.7 Å². The fourth-order valence-corrected chi connectivity index (χ4v) is 3.18. The summed E-state index contributed by atoms with van der Waals surface area (Å²) in [5.41, 5.74) is 1.26. The molecule has 0 aliphatic heterocycles. The van der Waals surface area contributed by atoms with Crippen LogP contribution < -0.4 is 9.47 Å². The van der Waals surface area contributed by atoms with E-state index in [1.807, 2.05) is 0 Å². The fraction of sp³-hybridized carbons (Fsp3) is 0.130. The molecule has 0 N–H and O–H groups in total. The van der Waals surface area contributed by atoms with Crippen LogP contribution in [-0.2, 0) is 11.3 Å². The Morgan fingerprint density at radius 3 is 2.23 bits per heavy atom. The molecule has 3 rings (SSSR count). The van der Waals surface area contributed by atoms with Gasteiger partial charge in [-0.25, -0.2) is 4.79 Å². The molecule has 0 bridgehead atoms. The van der Waals surface area contributed by atoms with Gasteiger partial charge in [-0.1, -0.05) is 53.5 Å². The van der Waals surface area contributed by atoms with Gasteiger partial charge in [0.15, 0.2) is 6.61 Å². The van der Waals surface area contributed by atoms with E-state index in [4.69, 9.17) is 37.4 Å². The minimum absolute atomic E-state index is 0.139. The number of halogens is 2. The number of hydrogen-bond donors (Lipinski definition) is 0. The molecule has 0 atom stereocenters. The highest BCUT2D eigenvalue weighted by molar-refractivity contribution is 6.35. The van der Waals surface area contributed by atoms with Crippen molar-refractivity contribution >= 4 is 35.0 Å². The number of para-hydroxylation sites is 2. The predicted octanol–water partition coefficient (Wildman–Crippen LogP) is 5.62. The highest BCUT2D eigenvalue weighted by Gasteiger charge is 2.18. The second-order valence-electron chi connectivity index (χ2n) is 6.22. The summed E-state index contributed by atoms with van der Waals surface area (Å²) < 4.78 is 16.1. The van der Waals surface area contributed by atoms with Crippen LogP contribution in [0.3, 0.4) is 0 Å². The molecular weight excluding hydrogens is 427 g/mol. The van der Waals surface area contributed by atoms with Gasteiger partial charge >= 0.3 is 5.97 Å². The number of rotatable bonds is 8. The van der Waals surface area contributed by atoms with Crippen molar-refractivity contribution in [2.45, 2.75) is 6.61 Å². The van der Waals surface area contributed by atoms with Crippen molar-refractivity contribution in [3.8, 4) is 11.5 Å². The molecule has 7 heteroatoms. The molecule has 0 saturated heterocycles. The Kier molecular flexibility index (Phi) is 7.33. The van der Waals surface area contributed by atoms with E-state index in [2.05, 4.69) is 0 Å². The molecule has 0 spiro atoms. The van der Waals surface area contributed by atoms with Crippen molar-refractivity contribution in [1.29, 1.82) is 0 Å². The van der Waals surface area contributed by atoms with Gasteiger partial charge in [0.25, 0.3) is 0 Å². The van der Waals surface area contributed by atoms with E-state index >= 15 is 0 Å². The van der Waals surface area contributed by atoms with Crippen LogP contribution >= 0.6 is 23.2 Å². The molecule has 3 aromatic carbocycles. The molecular formula is C23H18Cl2O5. The summed E-state index contributed by atoms with van der Waals surface area (Å²) in [5.74, 6) is -0.302. The molecule has 0 aliphatic carbocycles. The third-order valence-electron chi connectivity index (χ3n) is 4.25. The summed E-state index contributed by atoms with van der Waals surface area (Å²) in [5, 5.41) is 0.984. The van der Waals surface area contributed by atoms with Crippen molar-refractivity contribution in [3.63, 3.8) is 0 Å². The van der Waals surface area contributed by atoms with Gasteiger partial charge in [0.2, 0.25) is 5.78 Å². The number of hydrogen-bond acceptors (Lipinski definition) is 5. The normalized spacial score (nSPS) is 10.4. The topological polar surface area (TPSA) is 61.8 Å². The average molecular weight is 445 g/mol. The Hall–Kier alpha value is -3.02. The maximum Gasteiger partial charge on any atom is 0.342 e. The molecule has 0 heterocycles. The lowest BCUT2D eigenvalue weighted by molar-refractivity contribution is 0.0469. The van der Waals surface area contributed by atoms with Crippen molar-refractivity contribution < 1.29 is 23.8 Å². The summed E-state index contributed by atoms with van der Waals surface area (Å²) >= 11 is 12.1. The zero-order valence-electron chi connectivity index (χ0n) is 16.1. The standard InChI is InChI=1S/C23H18Cl2O5/c1-28-21-8-4-2-6-17(21)20(26)14-30-23(27)18-7-3-5-9-22(18)29-13-15-10-11-16(24)12-19(15)25/h2-12H,13-14H2,1H3. The van der Waals surface area contributed by atoms with Crippen molar-refractivity contribution in [1.82, 2.24) is 0 Å². The zero-order valence-corrected chi connectivity index (χ0v) is 17.6. The van der Waals surface area contributed by atoms with E-state index in [0.29, 0.717) is 27.1 Å².